The lowest BCUT2D eigenvalue weighted by Gasteiger charge is -2.15. The summed E-state index contributed by atoms with van der Waals surface area (Å²) >= 11 is 0. The first-order valence-corrected chi connectivity index (χ1v) is 7.07. The second-order valence-electron chi connectivity index (χ2n) is 5.11. The SMILES string of the molecule is CCCC(CC(=O)Nc1cc(C)on1)c1ccc(F)cc1. The zero-order chi connectivity index (χ0) is 15.2. The van der Waals surface area contributed by atoms with E-state index in [9.17, 15) is 9.18 Å². The predicted octanol–water partition coefficient (Wildman–Crippen LogP) is 4.03. The molecule has 1 unspecified atom stereocenters. The summed E-state index contributed by atoms with van der Waals surface area (Å²) in [6, 6.07) is 8.00. The molecule has 0 aliphatic rings. The van der Waals surface area contributed by atoms with Crippen LogP contribution in [0.5, 0.6) is 0 Å². The van der Waals surface area contributed by atoms with E-state index in [1.165, 1.54) is 12.1 Å². The largest absolute Gasteiger partial charge is 0.360 e. The molecular formula is C16H19FN2O2. The minimum absolute atomic E-state index is 0.0728. The molecule has 0 aliphatic heterocycles. The summed E-state index contributed by atoms with van der Waals surface area (Å²) in [7, 11) is 0. The van der Waals surface area contributed by atoms with Crippen LogP contribution < -0.4 is 5.32 Å². The topological polar surface area (TPSA) is 55.1 Å². The molecule has 112 valence electrons. The molecule has 2 aromatic rings. The van der Waals surface area contributed by atoms with E-state index in [-0.39, 0.29) is 17.6 Å². The third kappa shape index (κ3) is 4.41. The number of carbonyl (C=O) groups excluding carboxylic acids is 1. The molecule has 5 heteroatoms. The molecule has 21 heavy (non-hydrogen) atoms. The molecule has 1 atom stereocenters. The zero-order valence-electron chi connectivity index (χ0n) is 12.2. The monoisotopic (exact) mass is 290 g/mol. The van der Waals surface area contributed by atoms with Crippen LogP contribution >= 0.6 is 0 Å². The lowest BCUT2D eigenvalue weighted by molar-refractivity contribution is -0.116. The Morgan fingerprint density at radius 3 is 2.67 bits per heavy atom. The maximum atomic E-state index is 13.0. The first-order chi connectivity index (χ1) is 10.1. The summed E-state index contributed by atoms with van der Waals surface area (Å²) in [5.74, 6) is 0.756. The van der Waals surface area contributed by atoms with Crippen molar-refractivity contribution in [2.24, 2.45) is 0 Å². The van der Waals surface area contributed by atoms with E-state index >= 15 is 0 Å². The fraction of sp³-hybridized carbons (Fsp3) is 0.375. The molecule has 0 fully saturated rings. The van der Waals surface area contributed by atoms with Gasteiger partial charge in [-0.15, -0.1) is 0 Å². The average Bonchev–Trinajstić information content (AvgIpc) is 2.84. The smallest absolute Gasteiger partial charge is 0.226 e. The highest BCUT2D eigenvalue weighted by Crippen LogP contribution is 2.25. The van der Waals surface area contributed by atoms with E-state index in [2.05, 4.69) is 17.4 Å². The van der Waals surface area contributed by atoms with Crippen molar-refractivity contribution in [1.29, 1.82) is 0 Å². The predicted molar refractivity (Wildman–Crippen MR) is 78.5 cm³/mol. The van der Waals surface area contributed by atoms with Crippen molar-refractivity contribution < 1.29 is 13.7 Å². The molecular weight excluding hydrogens is 271 g/mol. The van der Waals surface area contributed by atoms with E-state index in [0.29, 0.717) is 18.0 Å². The second-order valence-corrected chi connectivity index (χ2v) is 5.11. The Morgan fingerprint density at radius 1 is 1.38 bits per heavy atom. The molecule has 0 bridgehead atoms. The fourth-order valence-electron chi connectivity index (χ4n) is 2.31. The van der Waals surface area contributed by atoms with Crippen molar-refractivity contribution in [1.82, 2.24) is 5.16 Å². The third-order valence-corrected chi connectivity index (χ3v) is 3.31. The molecule has 4 nitrogen and oxygen atoms in total. The van der Waals surface area contributed by atoms with Gasteiger partial charge in [0.1, 0.15) is 11.6 Å². The van der Waals surface area contributed by atoms with Gasteiger partial charge in [-0.3, -0.25) is 4.79 Å². The number of hydrogen-bond acceptors (Lipinski definition) is 3. The summed E-state index contributed by atoms with van der Waals surface area (Å²) in [4.78, 5) is 12.1. The molecule has 0 saturated heterocycles. The number of anilines is 1. The number of nitrogens with one attached hydrogen (secondary N) is 1. The van der Waals surface area contributed by atoms with Gasteiger partial charge in [-0.1, -0.05) is 30.6 Å². The van der Waals surface area contributed by atoms with Crippen LogP contribution in [-0.4, -0.2) is 11.1 Å². The zero-order valence-corrected chi connectivity index (χ0v) is 12.2. The normalized spacial score (nSPS) is 12.1. The maximum absolute atomic E-state index is 13.0. The van der Waals surface area contributed by atoms with Crippen molar-refractivity contribution in [3.63, 3.8) is 0 Å². The van der Waals surface area contributed by atoms with E-state index < -0.39 is 0 Å². The molecule has 1 N–H and O–H groups in total. The minimum atomic E-state index is -0.267. The molecule has 1 aromatic heterocycles. The highest BCUT2D eigenvalue weighted by molar-refractivity contribution is 5.90. The highest BCUT2D eigenvalue weighted by Gasteiger charge is 2.16. The van der Waals surface area contributed by atoms with Crippen LogP contribution in [0.15, 0.2) is 34.9 Å². The number of rotatable bonds is 6. The Morgan fingerprint density at radius 2 is 2.10 bits per heavy atom. The van der Waals surface area contributed by atoms with Crippen molar-refractivity contribution in [2.45, 2.75) is 39.0 Å². The Labute approximate surface area is 123 Å². The quantitative estimate of drug-likeness (QED) is 0.873. The van der Waals surface area contributed by atoms with Crippen LogP contribution in [0.3, 0.4) is 0 Å². The van der Waals surface area contributed by atoms with Crippen LogP contribution in [0.2, 0.25) is 0 Å². The van der Waals surface area contributed by atoms with Crippen LogP contribution in [-0.2, 0) is 4.79 Å². The fourth-order valence-corrected chi connectivity index (χ4v) is 2.31. The summed E-state index contributed by atoms with van der Waals surface area (Å²) in [6.45, 7) is 3.83. The molecule has 0 aliphatic carbocycles. The van der Waals surface area contributed by atoms with Gasteiger partial charge >= 0.3 is 0 Å². The Kier molecular flexibility index (Phi) is 5.09. The molecule has 1 amide bonds. The second kappa shape index (κ2) is 7.02. The molecule has 1 heterocycles. The first kappa shape index (κ1) is 15.2. The lowest BCUT2D eigenvalue weighted by atomic mass is 9.91. The van der Waals surface area contributed by atoms with Gasteiger partial charge in [-0.25, -0.2) is 4.39 Å². The van der Waals surface area contributed by atoms with E-state index in [4.69, 9.17) is 4.52 Å². The summed E-state index contributed by atoms with van der Waals surface area (Å²) in [5.41, 5.74) is 0.977. The first-order valence-electron chi connectivity index (χ1n) is 7.07. The van der Waals surface area contributed by atoms with Crippen LogP contribution in [0.1, 0.15) is 43.4 Å². The van der Waals surface area contributed by atoms with Gasteiger partial charge < -0.3 is 9.84 Å². The van der Waals surface area contributed by atoms with Gasteiger partial charge in [0.25, 0.3) is 0 Å². The number of carbonyl (C=O) groups is 1. The summed E-state index contributed by atoms with van der Waals surface area (Å²) < 4.78 is 17.9. The number of aromatic nitrogens is 1. The van der Waals surface area contributed by atoms with Crippen LogP contribution in [0.25, 0.3) is 0 Å². The number of hydrogen-bond donors (Lipinski definition) is 1. The average molecular weight is 290 g/mol. The molecule has 0 radical (unpaired) electrons. The minimum Gasteiger partial charge on any atom is -0.360 e. The standard InChI is InChI=1S/C16H19FN2O2/c1-3-4-13(12-5-7-14(17)8-6-12)10-16(20)18-15-9-11(2)21-19-15/h5-9,13H,3-4,10H2,1-2H3,(H,18,19,20). The number of nitrogens with zero attached hydrogens (tertiary/aromatic N) is 1. The third-order valence-electron chi connectivity index (χ3n) is 3.31. The molecule has 2 rings (SSSR count). The van der Waals surface area contributed by atoms with Crippen LogP contribution in [0.4, 0.5) is 10.2 Å². The van der Waals surface area contributed by atoms with Gasteiger partial charge in [0.05, 0.1) is 0 Å². The van der Waals surface area contributed by atoms with Gasteiger partial charge in [0.15, 0.2) is 5.82 Å². The van der Waals surface area contributed by atoms with Crippen LogP contribution in [0, 0.1) is 12.7 Å². The Bertz CT molecular complexity index is 593. The van der Waals surface area contributed by atoms with E-state index in [1.807, 2.05) is 0 Å². The van der Waals surface area contributed by atoms with Crippen molar-refractivity contribution >= 4 is 11.7 Å². The van der Waals surface area contributed by atoms with Crippen molar-refractivity contribution in [2.75, 3.05) is 5.32 Å². The number of halogens is 1. The van der Waals surface area contributed by atoms with Gasteiger partial charge in [-0.05, 0) is 37.0 Å². The summed E-state index contributed by atoms with van der Waals surface area (Å²) in [5, 5.41) is 6.45. The molecule has 0 saturated carbocycles. The van der Waals surface area contributed by atoms with E-state index in [0.717, 1.165) is 18.4 Å². The number of aryl methyl sites for hydroxylation is 1. The molecule has 1 aromatic carbocycles. The number of amides is 1. The van der Waals surface area contributed by atoms with Gasteiger partial charge in [0, 0.05) is 12.5 Å². The lowest BCUT2D eigenvalue weighted by Crippen LogP contribution is -2.16. The number of benzene rings is 1. The highest BCUT2D eigenvalue weighted by atomic mass is 19.1. The van der Waals surface area contributed by atoms with Gasteiger partial charge in [0.2, 0.25) is 5.91 Å². The van der Waals surface area contributed by atoms with Gasteiger partial charge in [-0.2, -0.15) is 0 Å². The Balaban J connectivity index is 2.01. The summed E-state index contributed by atoms with van der Waals surface area (Å²) in [6.07, 6.45) is 2.17. The van der Waals surface area contributed by atoms with Crippen molar-refractivity contribution in [3.05, 3.63) is 47.5 Å². The van der Waals surface area contributed by atoms with E-state index in [1.54, 1.807) is 25.1 Å². The Hall–Kier alpha value is -2.17. The maximum Gasteiger partial charge on any atom is 0.226 e. The van der Waals surface area contributed by atoms with Crippen molar-refractivity contribution in [3.8, 4) is 0 Å². The molecule has 0 spiro atoms.